The molecule has 2 aromatic carbocycles. The monoisotopic (exact) mass is 298 g/mol. The Morgan fingerprint density at radius 1 is 1.11 bits per heavy atom. The molecule has 100 valence electrons. The van der Waals surface area contributed by atoms with Crippen molar-refractivity contribution in [3.05, 3.63) is 65.2 Å². The molecule has 0 saturated heterocycles. The van der Waals surface area contributed by atoms with Crippen LogP contribution in [0.15, 0.2) is 47.4 Å². The first-order valence-electron chi connectivity index (χ1n) is 5.82. The average molecular weight is 299 g/mol. The van der Waals surface area contributed by atoms with Gasteiger partial charge in [-0.05, 0) is 42.0 Å². The van der Waals surface area contributed by atoms with Crippen molar-refractivity contribution in [2.75, 3.05) is 6.26 Å². The molecule has 19 heavy (non-hydrogen) atoms. The minimum Gasteiger partial charge on any atom is -0.204 e. The first kappa shape index (κ1) is 14.4. The summed E-state index contributed by atoms with van der Waals surface area (Å²) in [6, 6.07) is 11.9. The normalized spacial score (nSPS) is 12.4. The molecule has 0 amide bonds. The molecule has 0 nitrogen and oxygen atoms in total. The Kier molecular flexibility index (Phi) is 4.83. The molecule has 0 aliphatic heterocycles. The highest BCUT2D eigenvalue weighted by Crippen LogP contribution is 2.28. The lowest BCUT2D eigenvalue weighted by molar-refractivity contribution is 0.498. The second-order valence-electron chi connectivity index (χ2n) is 4.16. The lowest BCUT2D eigenvalue weighted by Crippen LogP contribution is -2.00. The Morgan fingerprint density at radius 3 is 2.42 bits per heavy atom. The third kappa shape index (κ3) is 3.48. The van der Waals surface area contributed by atoms with Gasteiger partial charge in [-0.15, -0.1) is 23.4 Å². The second kappa shape index (κ2) is 6.40. The minimum atomic E-state index is -0.834. The SMILES string of the molecule is CSc1ccc(C(Cl)Cc2cccc(F)c2F)cc1. The van der Waals surface area contributed by atoms with Crippen molar-refractivity contribution in [1.29, 1.82) is 0 Å². The van der Waals surface area contributed by atoms with Gasteiger partial charge < -0.3 is 0 Å². The van der Waals surface area contributed by atoms with E-state index in [9.17, 15) is 8.78 Å². The third-order valence-corrected chi connectivity index (χ3v) is 4.06. The van der Waals surface area contributed by atoms with Gasteiger partial charge in [0.25, 0.3) is 0 Å². The average Bonchev–Trinajstić information content (AvgIpc) is 2.44. The van der Waals surface area contributed by atoms with E-state index in [-0.39, 0.29) is 11.8 Å². The quantitative estimate of drug-likeness (QED) is 0.551. The number of halogens is 3. The maximum absolute atomic E-state index is 13.6. The van der Waals surface area contributed by atoms with Gasteiger partial charge in [0.05, 0.1) is 5.38 Å². The summed E-state index contributed by atoms with van der Waals surface area (Å²) in [5.41, 5.74) is 1.21. The summed E-state index contributed by atoms with van der Waals surface area (Å²) in [5, 5.41) is -0.368. The standard InChI is InChI=1S/C15H13ClF2S/c1-19-12-7-5-10(6-8-12)13(16)9-11-3-2-4-14(17)15(11)18/h2-8,13H,9H2,1H3. The van der Waals surface area contributed by atoms with Gasteiger partial charge in [0.2, 0.25) is 0 Å². The summed E-state index contributed by atoms with van der Waals surface area (Å²) < 4.78 is 26.7. The van der Waals surface area contributed by atoms with Crippen LogP contribution in [0.3, 0.4) is 0 Å². The summed E-state index contributed by atoms with van der Waals surface area (Å²) in [7, 11) is 0. The van der Waals surface area contributed by atoms with E-state index in [1.54, 1.807) is 17.8 Å². The smallest absolute Gasteiger partial charge is 0.162 e. The predicted molar refractivity (Wildman–Crippen MR) is 76.9 cm³/mol. The van der Waals surface area contributed by atoms with Crippen LogP contribution in [-0.2, 0) is 6.42 Å². The van der Waals surface area contributed by atoms with Crippen molar-refractivity contribution in [2.24, 2.45) is 0 Å². The van der Waals surface area contributed by atoms with Crippen LogP contribution in [0.1, 0.15) is 16.5 Å². The zero-order valence-electron chi connectivity index (χ0n) is 10.4. The van der Waals surface area contributed by atoms with Gasteiger partial charge in [0.1, 0.15) is 0 Å². The van der Waals surface area contributed by atoms with Crippen LogP contribution in [0.4, 0.5) is 8.78 Å². The van der Waals surface area contributed by atoms with E-state index in [4.69, 9.17) is 11.6 Å². The van der Waals surface area contributed by atoms with Crippen LogP contribution >= 0.6 is 23.4 Å². The number of hydrogen-bond donors (Lipinski definition) is 0. The van der Waals surface area contributed by atoms with Crippen molar-refractivity contribution in [1.82, 2.24) is 0 Å². The first-order chi connectivity index (χ1) is 9.11. The Hall–Kier alpha value is -1.06. The Labute approximate surface area is 120 Å². The highest BCUT2D eigenvalue weighted by atomic mass is 35.5. The maximum Gasteiger partial charge on any atom is 0.162 e. The van der Waals surface area contributed by atoms with Gasteiger partial charge >= 0.3 is 0 Å². The van der Waals surface area contributed by atoms with Crippen molar-refractivity contribution in [3.63, 3.8) is 0 Å². The molecular formula is C15H13ClF2S. The summed E-state index contributed by atoms with van der Waals surface area (Å²) in [6.45, 7) is 0. The Morgan fingerprint density at radius 2 is 1.79 bits per heavy atom. The number of benzene rings is 2. The zero-order valence-corrected chi connectivity index (χ0v) is 11.9. The summed E-state index contributed by atoms with van der Waals surface area (Å²) in [6.07, 6.45) is 2.26. The number of thioether (sulfide) groups is 1. The summed E-state index contributed by atoms with van der Waals surface area (Å²) >= 11 is 7.91. The van der Waals surface area contributed by atoms with Gasteiger partial charge in [-0.3, -0.25) is 0 Å². The van der Waals surface area contributed by atoms with Crippen LogP contribution in [0, 0.1) is 11.6 Å². The molecule has 0 aliphatic carbocycles. The Balaban J connectivity index is 2.15. The van der Waals surface area contributed by atoms with E-state index >= 15 is 0 Å². The Bertz CT molecular complexity index is 555. The molecule has 0 aromatic heterocycles. The van der Waals surface area contributed by atoms with E-state index in [0.29, 0.717) is 5.56 Å². The second-order valence-corrected chi connectivity index (χ2v) is 5.56. The molecule has 2 aromatic rings. The van der Waals surface area contributed by atoms with E-state index in [1.165, 1.54) is 6.07 Å². The lowest BCUT2D eigenvalue weighted by Gasteiger charge is -2.11. The third-order valence-electron chi connectivity index (χ3n) is 2.91. The number of hydrogen-bond acceptors (Lipinski definition) is 1. The van der Waals surface area contributed by atoms with Crippen LogP contribution in [-0.4, -0.2) is 6.26 Å². The highest BCUT2D eigenvalue weighted by Gasteiger charge is 2.14. The van der Waals surface area contributed by atoms with E-state index in [2.05, 4.69) is 0 Å². The van der Waals surface area contributed by atoms with Crippen molar-refractivity contribution in [2.45, 2.75) is 16.7 Å². The van der Waals surface area contributed by atoms with Gasteiger partial charge in [-0.2, -0.15) is 0 Å². The number of alkyl halides is 1. The summed E-state index contributed by atoms with van der Waals surface area (Å²) in [5.74, 6) is -1.65. The topological polar surface area (TPSA) is 0 Å². The molecule has 1 unspecified atom stereocenters. The van der Waals surface area contributed by atoms with Crippen LogP contribution in [0.2, 0.25) is 0 Å². The molecule has 2 rings (SSSR count). The maximum atomic E-state index is 13.6. The highest BCUT2D eigenvalue weighted by molar-refractivity contribution is 7.98. The van der Waals surface area contributed by atoms with Crippen molar-refractivity contribution < 1.29 is 8.78 Å². The minimum absolute atomic E-state index is 0.268. The van der Waals surface area contributed by atoms with Crippen LogP contribution in [0.25, 0.3) is 0 Å². The first-order valence-corrected chi connectivity index (χ1v) is 7.49. The molecular weight excluding hydrogens is 286 g/mol. The summed E-state index contributed by atoms with van der Waals surface area (Å²) in [4.78, 5) is 1.14. The zero-order chi connectivity index (χ0) is 13.8. The molecule has 0 heterocycles. The fourth-order valence-corrected chi connectivity index (χ4v) is 2.55. The molecule has 1 atom stereocenters. The van der Waals surface area contributed by atoms with Crippen molar-refractivity contribution in [3.8, 4) is 0 Å². The number of rotatable bonds is 4. The van der Waals surface area contributed by atoms with Crippen LogP contribution < -0.4 is 0 Å². The molecule has 0 bridgehead atoms. The van der Waals surface area contributed by atoms with E-state index in [0.717, 1.165) is 16.5 Å². The predicted octanol–water partition coefficient (Wildman–Crippen LogP) is 5.21. The molecule has 0 radical (unpaired) electrons. The molecule has 0 spiro atoms. The molecule has 0 fully saturated rings. The fraction of sp³-hybridized carbons (Fsp3) is 0.200. The fourth-order valence-electron chi connectivity index (χ4n) is 1.83. The molecule has 0 aliphatic rings. The van der Waals surface area contributed by atoms with Crippen molar-refractivity contribution >= 4 is 23.4 Å². The van der Waals surface area contributed by atoms with Gasteiger partial charge in [-0.1, -0.05) is 24.3 Å². The van der Waals surface area contributed by atoms with Gasteiger partial charge in [0.15, 0.2) is 11.6 Å². The molecule has 4 heteroatoms. The van der Waals surface area contributed by atoms with E-state index < -0.39 is 11.6 Å². The lowest BCUT2D eigenvalue weighted by atomic mass is 10.0. The largest absolute Gasteiger partial charge is 0.204 e. The molecule has 0 N–H and O–H groups in total. The van der Waals surface area contributed by atoms with E-state index in [1.807, 2.05) is 30.5 Å². The van der Waals surface area contributed by atoms with Gasteiger partial charge in [-0.25, -0.2) is 8.78 Å². The molecule has 0 saturated carbocycles. The van der Waals surface area contributed by atoms with Gasteiger partial charge in [0, 0.05) is 4.90 Å². The van der Waals surface area contributed by atoms with Crippen LogP contribution in [0.5, 0.6) is 0 Å².